The first kappa shape index (κ1) is 10.8. The molecule has 15 heavy (non-hydrogen) atoms. The minimum atomic E-state index is -2.01. The van der Waals surface area contributed by atoms with Crippen molar-refractivity contribution in [3.05, 3.63) is 0 Å². The van der Waals surface area contributed by atoms with Crippen LogP contribution in [0.2, 0.25) is 0 Å². The molecule has 0 aromatic carbocycles. The molecule has 2 aliphatic rings. The molecular formula is C10H15F2NO2. The van der Waals surface area contributed by atoms with Crippen LogP contribution >= 0.6 is 0 Å². The maximum Gasteiger partial charge on any atom is 0.262 e. The van der Waals surface area contributed by atoms with Crippen molar-refractivity contribution in [1.29, 1.82) is 0 Å². The standard InChI is InChI=1S/C10H15F2NO2/c1-9(2)13-7(6-15-9)5-10(12,3-4-11)8(13)14/h7H,3-6H2,1-2H3. The summed E-state index contributed by atoms with van der Waals surface area (Å²) in [6.07, 6.45) is -0.284. The molecule has 0 spiro atoms. The lowest BCUT2D eigenvalue weighted by Gasteiger charge is -2.30. The molecule has 0 saturated carbocycles. The Hall–Kier alpha value is -0.710. The molecular weight excluding hydrogens is 204 g/mol. The van der Waals surface area contributed by atoms with Gasteiger partial charge in [-0.1, -0.05) is 0 Å². The van der Waals surface area contributed by atoms with Gasteiger partial charge in [0.25, 0.3) is 5.91 Å². The molecule has 0 aromatic heterocycles. The fraction of sp³-hybridized carbons (Fsp3) is 0.900. The van der Waals surface area contributed by atoms with Gasteiger partial charge in [-0.3, -0.25) is 9.18 Å². The number of halogens is 2. The summed E-state index contributed by atoms with van der Waals surface area (Å²) in [5.41, 5.74) is -2.77. The van der Waals surface area contributed by atoms with Gasteiger partial charge in [-0.2, -0.15) is 0 Å². The van der Waals surface area contributed by atoms with E-state index in [1.165, 1.54) is 4.90 Å². The largest absolute Gasteiger partial charge is 0.354 e. The third-order valence-corrected chi connectivity index (χ3v) is 3.23. The number of hydrogen-bond donors (Lipinski definition) is 0. The van der Waals surface area contributed by atoms with Crippen LogP contribution in [-0.4, -0.2) is 41.5 Å². The predicted octanol–water partition coefficient (Wildman–Crippen LogP) is 1.42. The molecule has 2 unspecified atom stereocenters. The van der Waals surface area contributed by atoms with E-state index < -0.39 is 24.0 Å². The van der Waals surface area contributed by atoms with Crippen LogP contribution in [0.4, 0.5) is 8.78 Å². The van der Waals surface area contributed by atoms with E-state index in [-0.39, 0.29) is 18.9 Å². The molecule has 2 heterocycles. The summed E-state index contributed by atoms with van der Waals surface area (Å²) in [7, 11) is 0. The zero-order valence-electron chi connectivity index (χ0n) is 8.93. The van der Waals surface area contributed by atoms with E-state index in [0.29, 0.717) is 6.61 Å². The molecule has 0 bridgehead atoms. The van der Waals surface area contributed by atoms with Crippen molar-refractivity contribution < 1.29 is 18.3 Å². The van der Waals surface area contributed by atoms with Gasteiger partial charge >= 0.3 is 0 Å². The predicted molar refractivity (Wildman–Crippen MR) is 49.7 cm³/mol. The van der Waals surface area contributed by atoms with Crippen molar-refractivity contribution in [2.24, 2.45) is 0 Å². The molecule has 2 aliphatic heterocycles. The van der Waals surface area contributed by atoms with E-state index in [1.807, 2.05) is 0 Å². The lowest BCUT2D eigenvalue weighted by atomic mass is 9.98. The van der Waals surface area contributed by atoms with E-state index in [1.54, 1.807) is 13.8 Å². The van der Waals surface area contributed by atoms with Gasteiger partial charge in [0.2, 0.25) is 0 Å². The molecule has 2 atom stereocenters. The summed E-state index contributed by atoms with van der Waals surface area (Å²) in [5.74, 6) is -0.618. The number of ether oxygens (including phenoxy) is 1. The second-order valence-electron chi connectivity index (χ2n) is 4.70. The van der Waals surface area contributed by atoms with E-state index in [9.17, 15) is 13.6 Å². The van der Waals surface area contributed by atoms with Crippen LogP contribution in [-0.2, 0) is 9.53 Å². The van der Waals surface area contributed by atoms with Crippen LogP contribution in [0.25, 0.3) is 0 Å². The highest BCUT2D eigenvalue weighted by Gasteiger charge is 2.59. The van der Waals surface area contributed by atoms with E-state index >= 15 is 0 Å². The van der Waals surface area contributed by atoms with Gasteiger partial charge in [0.1, 0.15) is 5.72 Å². The third-order valence-electron chi connectivity index (χ3n) is 3.23. The average Bonchev–Trinajstić information content (AvgIpc) is 2.53. The quantitative estimate of drug-likeness (QED) is 0.703. The molecule has 0 radical (unpaired) electrons. The van der Waals surface area contributed by atoms with Crippen molar-refractivity contribution in [3.8, 4) is 0 Å². The lowest BCUT2D eigenvalue weighted by molar-refractivity contribution is -0.151. The van der Waals surface area contributed by atoms with Crippen LogP contribution < -0.4 is 0 Å². The van der Waals surface area contributed by atoms with Crippen LogP contribution in [0, 0.1) is 0 Å². The molecule has 0 aromatic rings. The summed E-state index contributed by atoms with van der Waals surface area (Å²) in [6.45, 7) is 3.00. The first-order valence-corrected chi connectivity index (χ1v) is 5.13. The topological polar surface area (TPSA) is 29.5 Å². The Morgan fingerprint density at radius 3 is 2.80 bits per heavy atom. The number of hydrogen-bond acceptors (Lipinski definition) is 2. The first-order chi connectivity index (χ1) is 6.91. The molecule has 2 rings (SSSR count). The molecule has 3 nitrogen and oxygen atoms in total. The number of nitrogens with zero attached hydrogens (tertiary/aromatic N) is 1. The van der Waals surface area contributed by atoms with Gasteiger partial charge in [0, 0.05) is 12.8 Å². The normalized spacial score (nSPS) is 38.5. The molecule has 2 saturated heterocycles. The van der Waals surface area contributed by atoms with E-state index in [4.69, 9.17) is 4.74 Å². The molecule has 5 heteroatoms. The monoisotopic (exact) mass is 219 g/mol. The number of fused-ring (bicyclic) bond motifs is 1. The highest BCUT2D eigenvalue weighted by Crippen LogP contribution is 2.43. The Balaban J connectivity index is 2.24. The molecule has 2 fully saturated rings. The maximum atomic E-state index is 14.1. The third kappa shape index (κ3) is 1.44. The van der Waals surface area contributed by atoms with E-state index in [0.717, 1.165) is 0 Å². The van der Waals surface area contributed by atoms with Crippen molar-refractivity contribution in [3.63, 3.8) is 0 Å². The zero-order valence-corrected chi connectivity index (χ0v) is 8.93. The Bertz CT molecular complexity index is 295. The minimum Gasteiger partial charge on any atom is -0.354 e. The lowest BCUT2D eigenvalue weighted by Crippen LogP contribution is -2.47. The summed E-state index contributed by atoms with van der Waals surface area (Å²) >= 11 is 0. The van der Waals surface area contributed by atoms with Gasteiger partial charge in [0.15, 0.2) is 5.67 Å². The maximum absolute atomic E-state index is 14.1. The number of rotatable bonds is 2. The second kappa shape index (κ2) is 3.14. The fourth-order valence-corrected chi connectivity index (χ4v) is 2.48. The van der Waals surface area contributed by atoms with Gasteiger partial charge in [-0.15, -0.1) is 0 Å². The molecule has 86 valence electrons. The van der Waals surface area contributed by atoms with Crippen molar-refractivity contribution in [2.75, 3.05) is 13.3 Å². The SMILES string of the molecule is CC1(C)OCC2CC(F)(CCF)C(=O)N21. The number of amides is 1. The Morgan fingerprint density at radius 2 is 2.27 bits per heavy atom. The number of carbonyl (C=O) groups excluding carboxylic acids is 1. The van der Waals surface area contributed by atoms with Crippen molar-refractivity contribution in [2.45, 2.75) is 44.1 Å². The van der Waals surface area contributed by atoms with Gasteiger partial charge in [0.05, 0.1) is 19.3 Å². The smallest absolute Gasteiger partial charge is 0.262 e. The molecule has 0 N–H and O–H groups in total. The summed E-state index contributed by atoms with van der Waals surface area (Å²) in [4.78, 5) is 13.2. The Morgan fingerprint density at radius 1 is 1.60 bits per heavy atom. The zero-order chi connectivity index (χ0) is 11.3. The van der Waals surface area contributed by atoms with Gasteiger partial charge < -0.3 is 9.64 Å². The Labute approximate surface area is 87.4 Å². The van der Waals surface area contributed by atoms with Crippen LogP contribution in [0.3, 0.4) is 0 Å². The number of carbonyl (C=O) groups is 1. The summed E-state index contributed by atoms with van der Waals surface area (Å²) in [5, 5.41) is 0. The van der Waals surface area contributed by atoms with Crippen molar-refractivity contribution in [1.82, 2.24) is 4.90 Å². The summed E-state index contributed by atoms with van der Waals surface area (Å²) in [6, 6.07) is -0.232. The summed E-state index contributed by atoms with van der Waals surface area (Å²) < 4.78 is 31.7. The van der Waals surface area contributed by atoms with Crippen LogP contribution in [0.1, 0.15) is 26.7 Å². The van der Waals surface area contributed by atoms with Crippen LogP contribution in [0.15, 0.2) is 0 Å². The second-order valence-corrected chi connectivity index (χ2v) is 4.70. The van der Waals surface area contributed by atoms with Gasteiger partial charge in [-0.05, 0) is 13.8 Å². The van der Waals surface area contributed by atoms with E-state index in [2.05, 4.69) is 0 Å². The number of alkyl halides is 2. The molecule has 0 aliphatic carbocycles. The van der Waals surface area contributed by atoms with Gasteiger partial charge in [-0.25, -0.2) is 4.39 Å². The molecule has 1 amide bonds. The fourth-order valence-electron chi connectivity index (χ4n) is 2.48. The van der Waals surface area contributed by atoms with Crippen molar-refractivity contribution >= 4 is 5.91 Å². The average molecular weight is 219 g/mol. The minimum absolute atomic E-state index is 0.0547. The highest BCUT2D eigenvalue weighted by molar-refractivity contribution is 5.88. The Kier molecular flexibility index (Phi) is 2.26. The van der Waals surface area contributed by atoms with Crippen LogP contribution in [0.5, 0.6) is 0 Å². The first-order valence-electron chi connectivity index (χ1n) is 5.13. The highest BCUT2D eigenvalue weighted by atomic mass is 19.1.